The summed E-state index contributed by atoms with van der Waals surface area (Å²) in [5.41, 5.74) is 3.55. The largest absolute Gasteiger partial charge is 0.477 e. The van der Waals surface area contributed by atoms with Crippen LogP contribution in [0.1, 0.15) is 10.4 Å². The first-order valence-electron chi connectivity index (χ1n) is 13.4. The molecule has 41 heavy (non-hydrogen) atoms. The van der Waals surface area contributed by atoms with E-state index in [4.69, 9.17) is 9.72 Å². The number of aromatic carboxylic acids is 1. The molecule has 2 unspecified atom stereocenters. The standard InChI is InChI=1S/C29H28FN7O4/c1-31-20-8-15(30)7-16-23-25(37-4-5-41-22-13-35(2)12-21(22)37)18(10-32-27(23)34-24(16)20)14-6-17-26(38)19(29(39)40)11-36(3)28(17)33-9-14/h6-11,21-22,31H,4-5,12-13H2,1-3H3,(H,32,34)(H,39,40). The summed E-state index contributed by atoms with van der Waals surface area (Å²) < 4.78 is 22.6. The molecule has 12 heteroatoms. The molecule has 7 rings (SSSR count). The normalized spacial score (nSPS) is 19.4. The van der Waals surface area contributed by atoms with Crippen LogP contribution in [-0.2, 0) is 11.8 Å². The molecule has 0 saturated carbocycles. The van der Waals surface area contributed by atoms with E-state index in [9.17, 15) is 19.1 Å². The first-order chi connectivity index (χ1) is 19.7. The Hall–Kier alpha value is -4.55. The van der Waals surface area contributed by atoms with E-state index in [0.717, 1.165) is 29.7 Å². The molecule has 2 aliphatic rings. The van der Waals surface area contributed by atoms with Gasteiger partial charge in [-0.1, -0.05) is 0 Å². The zero-order chi connectivity index (χ0) is 28.6. The molecule has 11 nitrogen and oxygen atoms in total. The maximum absolute atomic E-state index is 14.9. The molecule has 4 aromatic heterocycles. The second-order valence-electron chi connectivity index (χ2n) is 10.8. The fourth-order valence-electron chi connectivity index (χ4n) is 6.43. The van der Waals surface area contributed by atoms with Crippen LogP contribution in [0.5, 0.6) is 0 Å². The third kappa shape index (κ3) is 3.85. The number of pyridine rings is 3. The van der Waals surface area contributed by atoms with E-state index in [2.05, 4.69) is 32.1 Å². The molecule has 2 saturated heterocycles. The van der Waals surface area contributed by atoms with Gasteiger partial charge < -0.3 is 34.5 Å². The van der Waals surface area contributed by atoms with Crippen LogP contribution in [-0.4, -0.2) is 88.0 Å². The van der Waals surface area contributed by atoms with Crippen LogP contribution in [0.15, 0.2) is 41.6 Å². The number of carboxylic acid groups (broad SMARTS) is 1. The van der Waals surface area contributed by atoms with E-state index in [1.54, 1.807) is 32.6 Å². The molecule has 2 fully saturated rings. The van der Waals surface area contributed by atoms with E-state index >= 15 is 0 Å². The van der Waals surface area contributed by atoms with E-state index in [0.29, 0.717) is 46.6 Å². The summed E-state index contributed by atoms with van der Waals surface area (Å²) in [6.45, 7) is 2.71. The lowest BCUT2D eigenvalue weighted by atomic mass is 9.99. The summed E-state index contributed by atoms with van der Waals surface area (Å²) in [6, 6.07) is 4.67. The first-order valence-corrected chi connectivity index (χ1v) is 13.4. The molecule has 0 bridgehead atoms. The summed E-state index contributed by atoms with van der Waals surface area (Å²) >= 11 is 0. The predicted molar refractivity (Wildman–Crippen MR) is 154 cm³/mol. The number of fused-ring (bicyclic) bond motifs is 5. The quantitative estimate of drug-likeness (QED) is 0.305. The number of likely N-dealkylation sites (tertiary alicyclic amines) is 1. The molecule has 0 amide bonds. The third-order valence-electron chi connectivity index (χ3n) is 8.26. The van der Waals surface area contributed by atoms with Crippen molar-refractivity contribution in [3.8, 4) is 11.1 Å². The van der Waals surface area contributed by atoms with Crippen molar-refractivity contribution in [2.24, 2.45) is 7.05 Å². The van der Waals surface area contributed by atoms with E-state index < -0.39 is 11.4 Å². The number of likely N-dealkylation sites (N-methyl/N-ethyl adjacent to an activating group) is 1. The number of aryl methyl sites for hydroxylation is 1. The number of hydrogen-bond acceptors (Lipinski definition) is 8. The fourth-order valence-corrected chi connectivity index (χ4v) is 6.43. The first kappa shape index (κ1) is 25.4. The zero-order valence-corrected chi connectivity index (χ0v) is 22.7. The number of halogens is 1. The van der Waals surface area contributed by atoms with Gasteiger partial charge in [0.2, 0.25) is 5.43 Å². The number of nitrogens with one attached hydrogen (secondary N) is 2. The van der Waals surface area contributed by atoms with Gasteiger partial charge in [-0.05, 0) is 25.2 Å². The molecule has 2 aliphatic heterocycles. The van der Waals surface area contributed by atoms with Gasteiger partial charge in [0.1, 0.15) is 22.7 Å². The molecule has 5 aromatic rings. The molecule has 1 aromatic carbocycles. The molecule has 0 aliphatic carbocycles. The maximum atomic E-state index is 14.9. The Balaban J connectivity index is 1.55. The van der Waals surface area contributed by atoms with Crippen molar-refractivity contribution in [2.75, 3.05) is 50.6 Å². The summed E-state index contributed by atoms with van der Waals surface area (Å²) in [7, 11) is 5.46. The highest BCUT2D eigenvalue weighted by Gasteiger charge is 2.40. The highest BCUT2D eigenvalue weighted by atomic mass is 19.1. The van der Waals surface area contributed by atoms with Crippen LogP contribution in [0.2, 0.25) is 0 Å². The number of aromatic amines is 1. The van der Waals surface area contributed by atoms with Crippen molar-refractivity contribution in [2.45, 2.75) is 12.1 Å². The topological polar surface area (TPSA) is 129 Å². The predicted octanol–water partition coefficient (Wildman–Crippen LogP) is 3.03. The highest BCUT2D eigenvalue weighted by Crippen LogP contribution is 2.44. The van der Waals surface area contributed by atoms with Crippen LogP contribution in [0, 0.1) is 5.82 Å². The average molecular weight is 558 g/mol. The van der Waals surface area contributed by atoms with Gasteiger partial charge in [-0.2, -0.15) is 0 Å². The Kier molecular flexibility index (Phi) is 5.73. The minimum atomic E-state index is -1.30. The number of carboxylic acids is 1. The Labute approximate surface area is 233 Å². The van der Waals surface area contributed by atoms with E-state index in [1.165, 1.54) is 22.9 Å². The average Bonchev–Trinajstić information content (AvgIpc) is 3.53. The van der Waals surface area contributed by atoms with E-state index in [1.807, 2.05) is 0 Å². The maximum Gasteiger partial charge on any atom is 0.341 e. The summed E-state index contributed by atoms with van der Waals surface area (Å²) in [5.74, 6) is -1.68. The van der Waals surface area contributed by atoms with Gasteiger partial charge in [0.25, 0.3) is 0 Å². The fraction of sp³-hybridized carbons (Fsp3) is 0.310. The Morgan fingerprint density at radius 1 is 1.17 bits per heavy atom. The van der Waals surface area contributed by atoms with Gasteiger partial charge in [-0.3, -0.25) is 4.79 Å². The van der Waals surface area contributed by atoms with Crippen molar-refractivity contribution in [1.29, 1.82) is 0 Å². The van der Waals surface area contributed by atoms with Gasteiger partial charge in [0, 0.05) is 68.8 Å². The van der Waals surface area contributed by atoms with Crippen LogP contribution in [0.3, 0.4) is 0 Å². The molecule has 210 valence electrons. The van der Waals surface area contributed by atoms with Gasteiger partial charge in [-0.15, -0.1) is 0 Å². The number of benzene rings is 1. The smallest absolute Gasteiger partial charge is 0.341 e. The van der Waals surface area contributed by atoms with Crippen molar-refractivity contribution in [3.05, 3.63) is 58.4 Å². The second-order valence-corrected chi connectivity index (χ2v) is 10.8. The van der Waals surface area contributed by atoms with Gasteiger partial charge in [0.15, 0.2) is 0 Å². The highest BCUT2D eigenvalue weighted by molar-refractivity contribution is 6.18. The lowest BCUT2D eigenvalue weighted by molar-refractivity contribution is 0.0319. The van der Waals surface area contributed by atoms with Crippen LogP contribution in [0.4, 0.5) is 15.8 Å². The van der Waals surface area contributed by atoms with Crippen LogP contribution >= 0.6 is 0 Å². The van der Waals surface area contributed by atoms with Crippen molar-refractivity contribution in [1.82, 2.24) is 24.4 Å². The van der Waals surface area contributed by atoms with Gasteiger partial charge in [-0.25, -0.2) is 19.2 Å². The number of ether oxygens (including phenoxy) is 1. The number of rotatable bonds is 4. The Morgan fingerprint density at radius 3 is 2.78 bits per heavy atom. The SMILES string of the molecule is CNc1cc(F)cc2c1[nH]c1ncc(-c3cnc4c(c3)c(=O)c(C(=O)O)cn4C)c(N3CCOC4CN(C)CC43)c12. The molecule has 6 heterocycles. The number of hydrogen-bond donors (Lipinski definition) is 3. The molecular weight excluding hydrogens is 529 g/mol. The second kappa shape index (κ2) is 9.25. The number of nitrogens with zero attached hydrogens (tertiary/aromatic N) is 5. The van der Waals surface area contributed by atoms with Gasteiger partial charge in [0.05, 0.1) is 46.4 Å². The monoisotopic (exact) mass is 557 g/mol. The summed E-state index contributed by atoms with van der Waals surface area (Å²) in [4.78, 5) is 42.2. The lowest BCUT2D eigenvalue weighted by Crippen LogP contribution is -2.51. The van der Waals surface area contributed by atoms with Gasteiger partial charge >= 0.3 is 5.97 Å². The van der Waals surface area contributed by atoms with Crippen molar-refractivity contribution >= 4 is 50.3 Å². The Bertz CT molecular complexity index is 1950. The van der Waals surface area contributed by atoms with Crippen LogP contribution < -0.4 is 15.6 Å². The number of aromatic nitrogens is 4. The van der Waals surface area contributed by atoms with Crippen molar-refractivity contribution < 1.29 is 19.0 Å². The molecule has 2 atom stereocenters. The number of morpholine rings is 1. The Morgan fingerprint density at radius 2 is 2.00 bits per heavy atom. The summed E-state index contributed by atoms with van der Waals surface area (Å²) in [5, 5.41) is 14.3. The third-order valence-corrected chi connectivity index (χ3v) is 8.26. The number of carbonyl (C=O) groups is 1. The number of H-pyrrole nitrogens is 1. The van der Waals surface area contributed by atoms with E-state index in [-0.39, 0.29) is 28.9 Å². The lowest BCUT2D eigenvalue weighted by Gasteiger charge is -2.40. The van der Waals surface area contributed by atoms with Crippen molar-refractivity contribution in [3.63, 3.8) is 0 Å². The minimum absolute atomic E-state index is 0.000209. The molecule has 0 spiro atoms. The zero-order valence-electron chi connectivity index (χ0n) is 22.7. The molecule has 0 radical (unpaired) electrons. The van der Waals surface area contributed by atoms with Crippen LogP contribution in [0.25, 0.3) is 44.1 Å². The molecular formula is C29H28FN7O4. The summed E-state index contributed by atoms with van der Waals surface area (Å²) in [6.07, 6.45) is 4.69. The molecule has 3 N–H and O–H groups in total. The minimum Gasteiger partial charge on any atom is -0.477 e. The number of anilines is 2.